The number of nitrogens with one attached hydrogen (secondary N) is 1. The molecule has 4 heterocycles. The number of nitrogens with zero attached hydrogens (tertiary/aromatic N) is 5. The van der Waals surface area contributed by atoms with E-state index >= 15 is 0 Å². The van der Waals surface area contributed by atoms with E-state index in [2.05, 4.69) is 31.4 Å². The highest BCUT2D eigenvalue weighted by Gasteiger charge is 2.13. The fourth-order valence-electron chi connectivity index (χ4n) is 2.71. The number of fused-ring (bicyclic) bond motifs is 1. The molecule has 9 heteroatoms. The van der Waals surface area contributed by atoms with Crippen molar-refractivity contribution in [3.05, 3.63) is 64.7 Å². The van der Waals surface area contributed by atoms with Crippen LogP contribution in [0.3, 0.4) is 0 Å². The summed E-state index contributed by atoms with van der Waals surface area (Å²) in [6, 6.07) is 11.6. The number of benzene rings is 1. The number of halogens is 1. The molecule has 0 unspecified atom stereocenters. The van der Waals surface area contributed by atoms with Crippen LogP contribution < -0.4 is 5.32 Å². The maximum absolute atomic E-state index is 6.10. The van der Waals surface area contributed by atoms with Crippen LogP contribution in [0.1, 0.15) is 0 Å². The standard InChI is InChI=1S/C18H11ClN6S2/c19-11-3-1-4-12(7-11)25-17-13(8-22-25)16(20-10-21-17)24-18-23-14(9-27-18)15-5-2-6-26-15/h1-10H,(H,20,21,23,24). The van der Waals surface area contributed by atoms with E-state index in [0.717, 1.165) is 26.8 Å². The van der Waals surface area contributed by atoms with Gasteiger partial charge in [-0.2, -0.15) is 5.10 Å². The first-order valence-corrected chi connectivity index (χ1v) is 10.1. The third-order valence-electron chi connectivity index (χ3n) is 3.92. The molecular weight excluding hydrogens is 400 g/mol. The molecule has 132 valence electrons. The lowest BCUT2D eigenvalue weighted by Gasteiger charge is -2.05. The lowest BCUT2D eigenvalue weighted by Crippen LogP contribution is -1.99. The average Bonchev–Trinajstić information content (AvgIpc) is 3.42. The van der Waals surface area contributed by atoms with Crippen LogP contribution in [0.5, 0.6) is 0 Å². The normalized spacial score (nSPS) is 11.1. The van der Waals surface area contributed by atoms with Gasteiger partial charge in [-0.1, -0.05) is 23.7 Å². The van der Waals surface area contributed by atoms with Crippen LogP contribution in [0.15, 0.2) is 59.7 Å². The molecule has 1 N–H and O–H groups in total. The zero-order valence-electron chi connectivity index (χ0n) is 13.7. The van der Waals surface area contributed by atoms with Crippen molar-refractivity contribution in [1.82, 2.24) is 24.7 Å². The third-order valence-corrected chi connectivity index (χ3v) is 5.81. The zero-order valence-corrected chi connectivity index (χ0v) is 16.1. The van der Waals surface area contributed by atoms with Gasteiger partial charge in [-0.05, 0) is 29.6 Å². The molecule has 0 aliphatic heterocycles. The highest BCUT2D eigenvalue weighted by molar-refractivity contribution is 7.16. The molecule has 0 atom stereocenters. The van der Waals surface area contributed by atoms with E-state index in [1.165, 1.54) is 17.7 Å². The second kappa shape index (κ2) is 6.73. The molecule has 0 fully saturated rings. The van der Waals surface area contributed by atoms with E-state index < -0.39 is 0 Å². The zero-order chi connectivity index (χ0) is 18.2. The minimum Gasteiger partial charge on any atom is -0.315 e. The van der Waals surface area contributed by atoms with Gasteiger partial charge in [0.2, 0.25) is 0 Å². The Labute approximate surface area is 167 Å². The molecule has 0 bridgehead atoms. The van der Waals surface area contributed by atoms with Crippen LogP contribution in [0, 0.1) is 0 Å². The fourth-order valence-corrected chi connectivity index (χ4v) is 4.37. The highest BCUT2D eigenvalue weighted by Crippen LogP contribution is 2.31. The molecule has 0 saturated heterocycles. The predicted octanol–water partition coefficient (Wildman–Crippen LogP) is 5.40. The summed E-state index contributed by atoms with van der Waals surface area (Å²) in [5.74, 6) is 0.667. The van der Waals surface area contributed by atoms with Crippen LogP contribution in [-0.2, 0) is 0 Å². The van der Waals surface area contributed by atoms with Crippen molar-refractivity contribution in [2.75, 3.05) is 5.32 Å². The molecule has 0 aliphatic carbocycles. The summed E-state index contributed by atoms with van der Waals surface area (Å²) in [7, 11) is 0. The predicted molar refractivity (Wildman–Crippen MR) is 110 cm³/mol. The summed E-state index contributed by atoms with van der Waals surface area (Å²) in [4.78, 5) is 14.5. The minimum absolute atomic E-state index is 0.646. The van der Waals surface area contributed by atoms with Crippen molar-refractivity contribution < 1.29 is 0 Å². The Bertz CT molecular complexity index is 1230. The van der Waals surface area contributed by atoms with Crippen LogP contribution >= 0.6 is 34.3 Å². The summed E-state index contributed by atoms with van der Waals surface area (Å²) in [6.45, 7) is 0. The van der Waals surface area contributed by atoms with E-state index in [1.54, 1.807) is 22.2 Å². The number of anilines is 2. The Morgan fingerprint density at radius 1 is 1.07 bits per heavy atom. The number of thiazole rings is 1. The molecule has 0 saturated carbocycles. The van der Waals surface area contributed by atoms with Crippen molar-refractivity contribution in [2.24, 2.45) is 0 Å². The van der Waals surface area contributed by atoms with Crippen LogP contribution in [0.4, 0.5) is 10.9 Å². The largest absolute Gasteiger partial charge is 0.315 e. The number of rotatable bonds is 4. The Morgan fingerprint density at radius 2 is 2.04 bits per heavy atom. The van der Waals surface area contributed by atoms with Gasteiger partial charge in [0.1, 0.15) is 12.1 Å². The van der Waals surface area contributed by atoms with Gasteiger partial charge < -0.3 is 5.32 Å². The van der Waals surface area contributed by atoms with Crippen LogP contribution in [0.2, 0.25) is 5.02 Å². The van der Waals surface area contributed by atoms with Gasteiger partial charge in [-0.15, -0.1) is 22.7 Å². The van der Waals surface area contributed by atoms with Gasteiger partial charge in [0.25, 0.3) is 0 Å². The first kappa shape index (κ1) is 16.4. The van der Waals surface area contributed by atoms with Gasteiger partial charge in [0, 0.05) is 10.4 Å². The fraction of sp³-hybridized carbons (Fsp3) is 0. The van der Waals surface area contributed by atoms with Crippen molar-refractivity contribution in [3.8, 4) is 16.3 Å². The molecule has 0 radical (unpaired) electrons. The number of hydrogen-bond donors (Lipinski definition) is 1. The summed E-state index contributed by atoms with van der Waals surface area (Å²) in [6.07, 6.45) is 3.26. The van der Waals surface area contributed by atoms with Gasteiger partial charge in [-0.25, -0.2) is 19.6 Å². The van der Waals surface area contributed by atoms with E-state index in [0.29, 0.717) is 16.5 Å². The number of thiophene rings is 1. The van der Waals surface area contributed by atoms with E-state index in [-0.39, 0.29) is 0 Å². The van der Waals surface area contributed by atoms with Gasteiger partial charge in [-0.3, -0.25) is 0 Å². The van der Waals surface area contributed by atoms with E-state index in [1.807, 2.05) is 41.1 Å². The monoisotopic (exact) mass is 410 g/mol. The molecular formula is C18H11ClN6S2. The van der Waals surface area contributed by atoms with Crippen molar-refractivity contribution in [2.45, 2.75) is 0 Å². The van der Waals surface area contributed by atoms with E-state index in [9.17, 15) is 0 Å². The van der Waals surface area contributed by atoms with Gasteiger partial charge in [0.15, 0.2) is 10.8 Å². The molecule has 6 nitrogen and oxygen atoms in total. The maximum atomic E-state index is 6.10. The Hall–Kier alpha value is -2.81. The number of hydrogen-bond acceptors (Lipinski definition) is 7. The van der Waals surface area contributed by atoms with Crippen molar-refractivity contribution in [3.63, 3.8) is 0 Å². The Kier molecular flexibility index (Phi) is 4.08. The summed E-state index contributed by atoms with van der Waals surface area (Å²) >= 11 is 9.31. The molecule has 4 aromatic heterocycles. The summed E-state index contributed by atoms with van der Waals surface area (Å²) in [5.41, 5.74) is 2.50. The highest BCUT2D eigenvalue weighted by atomic mass is 35.5. The van der Waals surface area contributed by atoms with Crippen molar-refractivity contribution >= 4 is 56.3 Å². The molecule has 0 amide bonds. The second-order valence-electron chi connectivity index (χ2n) is 5.64. The van der Waals surface area contributed by atoms with Crippen molar-refractivity contribution in [1.29, 1.82) is 0 Å². The topological polar surface area (TPSA) is 68.5 Å². The molecule has 5 aromatic rings. The first-order chi connectivity index (χ1) is 13.3. The summed E-state index contributed by atoms with van der Waals surface area (Å²) in [5, 5.41) is 14.0. The minimum atomic E-state index is 0.646. The Morgan fingerprint density at radius 3 is 2.89 bits per heavy atom. The molecule has 0 aliphatic rings. The van der Waals surface area contributed by atoms with Gasteiger partial charge >= 0.3 is 0 Å². The van der Waals surface area contributed by atoms with Crippen LogP contribution in [0.25, 0.3) is 27.3 Å². The lowest BCUT2D eigenvalue weighted by molar-refractivity contribution is 0.895. The lowest BCUT2D eigenvalue weighted by atomic mass is 10.3. The molecule has 5 rings (SSSR count). The average molecular weight is 411 g/mol. The van der Waals surface area contributed by atoms with E-state index in [4.69, 9.17) is 11.6 Å². The molecule has 1 aromatic carbocycles. The van der Waals surface area contributed by atoms with Gasteiger partial charge in [0.05, 0.1) is 27.8 Å². The second-order valence-corrected chi connectivity index (χ2v) is 7.88. The first-order valence-electron chi connectivity index (χ1n) is 7.99. The SMILES string of the molecule is Clc1cccc(-n2ncc3c(Nc4nc(-c5cccs5)cs4)ncnc32)c1. The third kappa shape index (κ3) is 3.08. The Balaban J connectivity index is 1.51. The number of aromatic nitrogens is 5. The maximum Gasteiger partial charge on any atom is 0.188 e. The summed E-state index contributed by atoms with van der Waals surface area (Å²) < 4.78 is 1.74. The quantitative estimate of drug-likeness (QED) is 0.429. The molecule has 0 spiro atoms. The van der Waals surface area contributed by atoms with Crippen LogP contribution in [-0.4, -0.2) is 24.7 Å². The molecule has 27 heavy (non-hydrogen) atoms. The smallest absolute Gasteiger partial charge is 0.188 e.